The second-order valence-corrected chi connectivity index (χ2v) is 5.09. The van der Waals surface area contributed by atoms with Crippen molar-refractivity contribution in [2.45, 2.75) is 19.1 Å². The average molecular weight is 356 g/mol. The number of furan rings is 1. The Morgan fingerprint density at radius 2 is 2.12 bits per heavy atom. The average Bonchev–Trinajstić information content (AvgIpc) is 3.10. The van der Waals surface area contributed by atoms with Crippen molar-refractivity contribution in [1.82, 2.24) is 15.6 Å². The number of nitrogens with one attached hydrogen (secondary N) is 2. The van der Waals surface area contributed by atoms with Gasteiger partial charge in [-0.1, -0.05) is 6.07 Å². The third-order valence-corrected chi connectivity index (χ3v) is 3.11. The molecule has 2 N–H and O–H groups in total. The Morgan fingerprint density at radius 1 is 1.28 bits per heavy atom. The summed E-state index contributed by atoms with van der Waals surface area (Å²) in [6, 6.07) is 6.77. The molecule has 9 heteroatoms. The van der Waals surface area contributed by atoms with Gasteiger partial charge in [0, 0.05) is 38.8 Å². The molecule has 0 amide bonds. The zero-order chi connectivity index (χ0) is 18.1. The van der Waals surface area contributed by atoms with Crippen molar-refractivity contribution in [1.29, 1.82) is 0 Å². The lowest BCUT2D eigenvalue weighted by atomic mass is 10.3. The molecule has 2 aromatic rings. The number of rotatable bonds is 7. The van der Waals surface area contributed by atoms with Crippen LogP contribution in [0.25, 0.3) is 0 Å². The molecular weight excluding hydrogens is 337 g/mol. The topological polar surface area (TPSA) is 71.7 Å². The lowest BCUT2D eigenvalue weighted by Gasteiger charge is -2.12. The van der Waals surface area contributed by atoms with Gasteiger partial charge in [-0.25, -0.2) is 4.98 Å². The predicted molar refractivity (Wildman–Crippen MR) is 86.4 cm³/mol. The summed E-state index contributed by atoms with van der Waals surface area (Å²) >= 11 is 0. The van der Waals surface area contributed by atoms with Crippen LogP contribution in [0.3, 0.4) is 0 Å². The molecule has 2 rings (SSSR count). The smallest absolute Gasteiger partial charge is 0.422 e. The number of pyridine rings is 1. The van der Waals surface area contributed by atoms with Gasteiger partial charge in [0.1, 0.15) is 5.76 Å². The van der Waals surface area contributed by atoms with Crippen LogP contribution in [-0.4, -0.2) is 37.3 Å². The molecule has 0 aliphatic heterocycles. The van der Waals surface area contributed by atoms with Crippen molar-refractivity contribution >= 4 is 5.96 Å². The Kier molecular flexibility index (Phi) is 6.67. The standard InChI is InChI=1S/C16H19F3N4O2/c1-20-15(21-7-6-13-3-2-8-24-13)23-10-12-4-5-14(22-9-12)25-11-16(17,18)19/h2-5,8-9H,6-7,10-11H2,1H3,(H2,20,21,23). The molecule has 0 fully saturated rings. The summed E-state index contributed by atoms with van der Waals surface area (Å²) < 4.78 is 46.0. The Bertz CT molecular complexity index is 655. The quantitative estimate of drug-likeness (QED) is 0.589. The van der Waals surface area contributed by atoms with Crippen LogP contribution in [0, 0.1) is 0 Å². The molecule has 0 bridgehead atoms. The van der Waals surface area contributed by atoms with Crippen LogP contribution in [0.5, 0.6) is 5.88 Å². The second kappa shape index (κ2) is 8.95. The fourth-order valence-corrected chi connectivity index (χ4v) is 1.92. The monoisotopic (exact) mass is 356 g/mol. The molecule has 0 spiro atoms. The van der Waals surface area contributed by atoms with Gasteiger partial charge >= 0.3 is 6.18 Å². The number of alkyl halides is 3. The van der Waals surface area contributed by atoms with Gasteiger partial charge in [-0.15, -0.1) is 0 Å². The maximum absolute atomic E-state index is 12.1. The molecule has 0 unspecified atom stereocenters. The van der Waals surface area contributed by atoms with E-state index in [4.69, 9.17) is 4.42 Å². The van der Waals surface area contributed by atoms with E-state index in [2.05, 4.69) is 25.3 Å². The maximum atomic E-state index is 12.1. The van der Waals surface area contributed by atoms with Crippen LogP contribution >= 0.6 is 0 Å². The third kappa shape index (κ3) is 7.15. The molecule has 136 valence electrons. The highest BCUT2D eigenvalue weighted by molar-refractivity contribution is 5.79. The van der Waals surface area contributed by atoms with Crippen LogP contribution in [-0.2, 0) is 13.0 Å². The molecule has 0 atom stereocenters. The first-order chi connectivity index (χ1) is 12.0. The summed E-state index contributed by atoms with van der Waals surface area (Å²) in [7, 11) is 1.65. The van der Waals surface area contributed by atoms with Crippen LogP contribution < -0.4 is 15.4 Å². The molecule has 0 saturated heterocycles. The van der Waals surface area contributed by atoms with Crippen molar-refractivity contribution < 1.29 is 22.3 Å². The van der Waals surface area contributed by atoms with Crippen LogP contribution in [0.15, 0.2) is 46.1 Å². The predicted octanol–water partition coefficient (Wildman–Crippen LogP) is 2.52. The van der Waals surface area contributed by atoms with E-state index in [1.165, 1.54) is 12.3 Å². The minimum absolute atomic E-state index is 0.0676. The van der Waals surface area contributed by atoms with Gasteiger partial charge in [0.25, 0.3) is 0 Å². The minimum Gasteiger partial charge on any atom is -0.469 e. The van der Waals surface area contributed by atoms with Crippen molar-refractivity contribution in [2.75, 3.05) is 20.2 Å². The van der Waals surface area contributed by atoms with Crippen molar-refractivity contribution in [3.05, 3.63) is 48.0 Å². The highest BCUT2D eigenvalue weighted by Crippen LogP contribution is 2.16. The van der Waals surface area contributed by atoms with Crippen molar-refractivity contribution in [2.24, 2.45) is 4.99 Å². The lowest BCUT2D eigenvalue weighted by molar-refractivity contribution is -0.154. The maximum Gasteiger partial charge on any atom is 0.422 e. The number of ether oxygens (including phenoxy) is 1. The van der Waals surface area contributed by atoms with Gasteiger partial charge in [0.05, 0.1) is 6.26 Å². The number of hydrogen-bond donors (Lipinski definition) is 2. The van der Waals surface area contributed by atoms with E-state index in [1.54, 1.807) is 19.4 Å². The lowest BCUT2D eigenvalue weighted by Crippen LogP contribution is -2.37. The molecule has 0 radical (unpaired) electrons. The first kappa shape index (κ1) is 18.6. The molecule has 2 heterocycles. The SMILES string of the molecule is CN=C(NCCc1ccco1)NCc1ccc(OCC(F)(F)F)nc1. The first-order valence-electron chi connectivity index (χ1n) is 7.57. The van der Waals surface area contributed by atoms with Gasteiger partial charge in [0.2, 0.25) is 5.88 Å². The van der Waals surface area contributed by atoms with E-state index < -0.39 is 12.8 Å². The Balaban J connectivity index is 1.73. The van der Waals surface area contributed by atoms with E-state index in [1.807, 2.05) is 12.1 Å². The largest absolute Gasteiger partial charge is 0.469 e. The summed E-state index contributed by atoms with van der Waals surface area (Å²) in [5.74, 6) is 1.41. The molecule has 0 saturated carbocycles. The van der Waals surface area contributed by atoms with E-state index in [-0.39, 0.29) is 5.88 Å². The fourth-order valence-electron chi connectivity index (χ4n) is 1.92. The summed E-state index contributed by atoms with van der Waals surface area (Å²) in [5, 5.41) is 6.22. The van der Waals surface area contributed by atoms with Crippen LogP contribution in [0.1, 0.15) is 11.3 Å². The third-order valence-electron chi connectivity index (χ3n) is 3.11. The van der Waals surface area contributed by atoms with Crippen LogP contribution in [0.2, 0.25) is 0 Å². The van der Waals surface area contributed by atoms with E-state index in [0.717, 1.165) is 17.7 Å². The zero-order valence-corrected chi connectivity index (χ0v) is 13.6. The van der Waals surface area contributed by atoms with Gasteiger partial charge < -0.3 is 19.8 Å². The van der Waals surface area contributed by atoms with E-state index in [9.17, 15) is 13.2 Å². The molecule has 6 nitrogen and oxygen atoms in total. The number of guanidine groups is 1. The van der Waals surface area contributed by atoms with Gasteiger partial charge in [-0.3, -0.25) is 4.99 Å². The van der Waals surface area contributed by atoms with Gasteiger partial charge in [0.15, 0.2) is 12.6 Å². The number of aliphatic imine (C=N–C) groups is 1. The Labute approximate surface area is 143 Å². The van der Waals surface area contributed by atoms with Crippen molar-refractivity contribution in [3.8, 4) is 5.88 Å². The highest BCUT2D eigenvalue weighted by atomic mass is 19.4. The summed E-state index contributed by atoms with van der Waals surface area (Å²) in [5.41, 5.74) is 0.786. The normalized spacial score (nSPS) is 12.1. The molecule has 25 heavy (non-hydrogen) atoms. The molecular formula is C16H19F3N4O2. The molecule has 0 aliphatic rings. The summed E-state index contributed by atoms with van der Waals surface area (Å²) in [4.78, 5) is 7.94. The number of aromatic nitrogens is 1. The van der Waals surface area contributed by atoms with E-state index >= 15 is 0 Å². The Hall–Kier alpha value is -2.71. The molecule has 2 aromatic heterocycles. The zero-order valence-electron chi connectivity index (χ0n) is 13.6. The second-order valence-electron chi connectivity index (χ2n) is 5.09. The summed E-state index contributed by atoms with van der Waals surface area (Å²) in [6.45, 7) is -0.285. The number of halogens is 3. The molecule has 0 aromatic carbocycles. The van der Waals surface area contributed by atoms with Gasteiger partial charge in [-0.05, 0) is 17.7 Å². The van der Waals surface area contributed by atoms with E-state index in [0.29, 0.717) is 19.0 Å². The fraction of sp³-hybridized carbons (Fsp3) is 0.375. The first-order valence-corrected chi connectivity index (χ1v) is 7.57. The summed E-state index contributed by atoms with van der Waals surface area (Å²) in [6.07, 6.45) is -0.581. The number of hydrogen-bond acceptors (Lipinski definition) is 4. The Morgan fingerprint density at radius 3 is 2.72 bits per heavy atom. The van der Waals surface area contributed by atoms with Crippen LogP contribution in [0.4, 0.5) is 13.2 Å². The number of nitrogens with zero attached hydrogens (tertiary/aromatic N) is 2. The highest BCUT2D eigenvalue weighted by Gasteiger charge is 2.28. The van der Waals surface area contributed by atoms with Gasteiger partial charge in [-0.2, -0.15) is 13.2 Å². The minimum atomic E-state index is -4.38. The van der Waals surface area contributed by atoms with Crippen molar-refractivity contribution in [3.63, 3.8) is 0 Å². The molecule has 0 aliphatic carbocycles.